The predicted molar refractivity (Wildman–Crippen MR) is 118 cm³/mol. The van der Waals surface area contributed by atoms with E-state index < -0.39 is 0 Å². The molecular weight excluding hydrogens is 340 g/mol. The van der Waals surface area contributed by atoms with Crippen molar-refractivity contribution in [2.24, 2.45) is 0 Å². The molecule has 26 heavy (non-hydrogen) atoms. The van der Waals surface area contributed by atoms with Gasteiger partial charge in [-0.05, 0) is 25.7 Å². The van der Waals surface area contributed by atoms with Crippen LogP contribution in [0.2, 0.25) is 0 Å². The monoisotopic (exact) mass is 384 g/mol. The van der Waals surface area contributed by atoms with Crippen molar-refractivity contribution < 1.29 is 9.53 Å². The molecule has 0 saturated carbocycles. The summed E-state index contributed by atoms with van der Waals surface area (Å²) in [7, 11) is 0. The van der Waals surface area contributed by atoms with Crippen LogP contribution in [0, 0.1) is 0 Å². The molecule has 0 N–H and O–H groups in total. The lowest BCUT2D eigenvalue weighted by atomic mass is 10.0. The zero-order valence-electron chi connectivity index (χ0n) is 17.4. The molecule has 0 aromatic carbocycles. The Labute approximate surface area is 169 Å². The minimum Gasteiger partial charge on any atom is -0.465 e. The summed E-state index contributed by atoms with van der Waals surface area (Å²) < 4.78 is 5.01. The summed E-state index contributed by atoms with van der Waals surface area (Å²) in [4.78, 5) is 11.3. The number of esters is 1. The van der Waals surface area contributed by atoms with Crippen molar-refractivity contribution in [1.82, 2.24) is 0 Å². The first-order chi connectivity index (χ1) is 12.8. The minimum absolute atomic E-state index is 0.0626. The van der Waals surface area contributed by atoms with E-state index in [0.717, 1.165) is 12.8 Å². The fourth-order valence-electron chi connectivity index (χ4n) is 3.17. The van der Waals surface area contributed by atoms with Crippen molar-refractivity contribution in [3.63, 3.8) is 0 Å². The second-order valence-electron chi connectivity index (χ2n) is 7.31. The van der Waals surface area contributed by atoms with Gasteiger partial charge in [-0.25, -0.2) is 0 Å². The quantitative estimate of drug-likeness (QED) is 0.101. The van der Waals surface area contributed by atoms with Crippen molar-refractivity contribution in [2.45, 2.75) is 116 Å². The van der Waals surface area contributed by atoms with Gasteiger partial charge >= 0.3 is 5.97 Å². The van der Waals surface area contributed by atoms with Crippen molar-refractivity contribution in [1.29, 1.82) is 0 Å². The number of hydrogen-bond donors (Lipinski definition) is 1. The molecule has 0 saturated heterocycles. The van der Waals surface area contributed by atoms with Gasteiger partial charge in [-0.1, -0.05) is 96.1 Å². The molecule has 0 aliphatic carbocycles. The topological polar surface area (TPSA) is 26.3 Å². The van der Waals surface area contributed by atoms with Gasteiger partial charge in [0, 0.05) is 12.2 Å². The fraction of sp³-hybridized carbons (Fsp3) is 0.870. The summed E-state index contributed by atoms with van der Waals surface area (Å²) in [5.41, 5.74) is 0. The van der Waals surface area contributed by atoms with E-state index in [1.807, 2.05) is 0 Å². The molecular formula is C23H44O2S. The van der Waals surface area contributed by atoms with Gasteiger partial charge < -0.3 is 4.74 Å². The highest BCUT2D eigenvalue weighted by Crippen LogP contribution is 2.14. The third-order valence-corrected chi connectivity index (χ3v) is 4.94. The first-order valence-corrected chi connectivity index (χ1v) is 11.9. The standard InChI is InChI=1S/C23H44O2S/c1-2-3-4-5-6-7-8-9-10-11-12-13-14-15-16-17-18-19-20-23(24)25-21-22-26/h3-4,26H,2,5-22H2,1H3/b4-3+. The molecule has 0 amide bonds. The molecule has 0 atom stereocenters. The van der Waals surface area contributed by atoms with Gasteiger partial charge in [0.25, 0.3) is 0 Å². The van der Waals surface area contributed by atoms with E-state index in [4.69, 9.17) is 4.74 Å². The molecule has 0 aromatic rings. The second-order valence-corrected chi connectivity index (χ2v) is 7.76. The summed E-state index contributed by atoms with van der Waals surface area (Å²) in [6, 6.07) is 0. The Balaban J connectivity index is 3.07. The maximum absolute atomic E-state index is 11.3. The Hall–Kier alpha value is -0.440. The molecule has 0 radical (unpaired) electrons. The third-order valence-electron chi connectivity index (χ3n) is 4.76. The Morgan fingerprint density at radius 1 is 0.731 bits per heavy atom. The van der Waals surface area contributed by atoms with E-state index in [-0.39, 0.29) is 5.97 Å². The summed E-state index contributed by atoms with van der Waals surface area (Å²) in [6.45, 7) is 2.64. The van der Waals surface area contributed by atoms with Gasteiger partial charge in [0.2, 0.25) is 0 Å². The average molecular weight is 385 g/mol. The van der Waals surface area contributed by atoms with Gasteiger partial charge in [-0.15, -0.1) is 0 Å². The highest BCUT2D eigenvalue weighted by atomic mass is 32.1. The predicted octanol–water partition coefficient (Wildman–Crippen LogP) is 7.67. The zero-order chi connectivity index (χ0) is 19.1. The molecule has 3 heteroatoms. The lowest BCUT2D eigenvalue weighted by Crippen LogP contribution is -2.06. The van der Waals surface area contributed by atoms with Crippen LogP contribution in [0.1, 0.15) is 116 Å². The van der Waals surface area contributed by atoms with Crippen LogP contribution in [0.15, 0.2) is 12.2 Å². The summed E-state index contributed by atoms with van der Waals surface area (Å²) in [5.74, 6) is 0.551. The molecule has 0 aliphatic heterocycles. The number of unbranched alkanes of at least 4 members (excludes halogenated alkanes) is 14. The highest BCUT2D eigenvalue weighted by molar-refractivity contribution is 7.80. The van der Waals surface area contributed by atoms with Crippen molar-refractivity contribution in [2.75, 3.05) is 12.4 Å². The number of hydrogen-bond acceptors (Lipinski definition) is 3. The summed E-state index contributed by atoms with van der Waals surface area (Å²) in [6.07, 6.45) is 26.3. The average Bonchev–Trinajstić information content (AvgIpc) is 2.65. The van der Waals surface area contributed by atoms with Gasteiger partial charge in [-0.3, -0.25) is 4.79 Å². The zero-order valence-corrected chi connectivity index (χ0v) is 18.2. The summed E-state index contributed by atoms with van der Waals surface area (Å²) >= 11 is 4.03. The number of ether oxygens (including phenoxy) is 1. The molecule has 154 valence electrons. The SMILES string of the molecule is CC/C=C/CCCCCCCCCCCCCCCCC(=O)OCCS. The van der Waals surface area contributed by atoms with Gasteiger partial charge in [0.05, 0.1) is 0 Å². The maximum atomic E-state index is 11.3. The van der Waals surface area contributed by atoms with Crippen LogP contribution in [-0.2, 0) is 9.53 Å². The Kier molecular flexibility index (Phi) is 22.2. The smallest absolute Gasteiger partial charge is 0.305 e. The van der Waals surface area contributed by atoms with E-state index in [2.05, 4.69) is 31.7 Å². The largest absolute Gasteiger partial charge is 0.465 e. The second kappa shape index (κ2) is 22.6. The van der Waals surface area contributed by atoms with Gasteiger partial charge in [0.15, 0.2) is 0 Å². The molecule has 0 heterocycles. The molecule has 0 fully saturated rings. The Morgan fingerprint density at radius 2 is 1.19 bits per heavy atom. The Bertz CT molecular complexity index is 315. The van der Waals surface area contributed by atoms with Crippen LogP contribution in [0.25, 0.3) is 0 Å². The van der Waals surface area contributed by atoms with Crippen molar-refractivity contribution in [3.8, 4) is 0 Å². The van der Waals surface area contributed by atoms with Crippen LogP contribution in [-0.4, -0.2) is 18.3 Å². The van der Waals surface area contributed by atoms with E-state index >= 15 is 0 Å². The number of carbonyl (C=O) groups is 1. The molecule has 2 nitrogen and oxygen atoms in total. The van der Waals surface area contributed by atoms with Gasteiger partial charge in [-0.2, -0.15) is 12.6 Å². The Morgan fingerprint density at radius 3 is 1.65 bits per heavy atom. The first kappa shape index (κ1) is 25.6. The van der Waals surface area contributed by atoms with Crippen molar-refractivity contribution in [3.05, 3.63) is 12.2 Å². The normalized spacial score (nSPS) is 11.3. The van der Waals surface area contributed by atoms with Crippen LogP contribution in [0.4, 0.5) is 0 Å². The minimum atomic E-state index is -0.0626. The molecule has 0 aliphatic rings. The maximum Gasteiger partial charge on any atom is 0.305 e. The van der Waals surface area contributed by atoms with Gasteiger partial charge in [0.1, 0.15) is 6.61 Å². The number of rotatable bonds is 20. The van der Waals surface area contributed by atoms with Crippen LogP contribution < -0.4 is 0 Å². The lowest BCUT2D eigenvalue weighted by molar-refractivity contribution is -0.143. The van der Waals surface area contributed by atoms with Crippen LogP contribution in [0.5, 0.6) is 0 Å². The molecule has 0 unspecified atom stereocenters. The molecule has 0 bridgehead atoms. The van der Waals surface area contributed by atoms with Crippen LogP contribution >= 0.6 is 12.6 Å². The molecule has 0 spiro atoms. The number of allylic oxidation sites excluding steroid dienone is 2. The van der Waals surface area contributed by atoms with E-state index in [9.17, 15) is 4.79 Å². The molecule has 0 rings (SSSR count). The highest BCUT2D eigenvalue weighted by Gasteiger charge is 2.01. The van der Waals surface area contributed by atoms with Crippen LogP contribution in [0.3, 0.4) is 0 Å². The number of carbonyl (C=O) groups excluding carboxylic acids is 1. The lowest BCUT2D eigenvalue weighted by Gasteiger charge is -2.04. The van der Waals surface area contributed by atoms with Crippen molar-refractivity contribution >= 4 is 18.6 Å². The van der Waals surface area contributed by atoms with E-state index in [1.165, 1.54) is 89.9 Å². The van der Waals surface area contributed by atoms with E-state index in [0.29, 0.717) is 18.8 Å². The number of thiol groups is 1. The first-order valence-electron chi connectivity index (χ1n) is 11.2. The third kappa shape index (κ3) is 21.6. The fourth-order valence-corrected chi connectivity index (χ4v) is 3.26. The van der Waals surface area contributed by atoms with E-state index in [1.54, 1.807) is 0 Å². The summed E-state index contributed by atoms with van der Waals surface area (Å²) in [5, 5.41) is 0. The molecule has 0 aromatic heterocycles.